The summed E-state index contributed by atoms with van der Waals surface area (Å²) >= 11 is 0.894. The second kappa shape index (κ2) is 15.4. The molecule has 0 heterocycles. The van der Waals surface area contributed by atoms with Crippen LogP contribution in [0.4, 0.5) is 0 Å². The van der Waals surface area contributed by atoms with Crippen LogP contribution in [0.15, 0.2) is 17.0 Å². The Morgan fingerprint density at radius 1 is 0.972 bits per heavy atom. The van der Waals surface area contributed by atoms with Crippen molar-refractivity contribution in [1.82, 2.24) is 16.0 Å². The van der Waals surface area contributed by atoms with E-state index < -0.39 is 53.9 Å². The number of carboxylic acid groups (broad SMARTS) is 2. The molecule has 36 heavy (non-hydrogen) atoms. The third kappa shape index (κ3) is 11.2. The smallest absolute Gasteiger partial charge is 0.322 e. The number of aromatic hydroxyl groups is 2. The van der Waals surface area contributed by atoms with Gasteiger partial charge in [0.25, 0.3) is 0 Å². The van der Waals surface area contributed by atoms with Gasteiger partial charge in [0.1, 0.15) is 12.6 Å². The highest BCUT2D eigenvalue weighted by Crippen LogP contribution is 2.37. The number of rotatable bonds is 16. The van der Waals surface area contributed by atoms with Crippen molar-refractivity contribution in [1.29, 1.82) is 0 Å². The molecular weight excluding hydrogens is 498 g/mol. The largest absolute Gasteiger partial charge is 0.504 e. The Morgan fingerprint density at radius 3 is 2.28 bits per heavy atom. The summed E-state index contributed by atoms with van der Waals surface area (Å²) in [6, 6.07) is 0.325. The number of phenolic OH excluding ortho intramolecular Hbond substituents is 2. The molecule has 0 unspecified atom stereocenters. The highest BCUT2D eigenvalue weighted by molar-refractivity contribution is 7.99. The Hall–Kier alpha value is -3.56. The molecule has 14 nitrogen and oxygen atoms in total. The zero-order valence-electron chi connectivity index (χ0n) is 19.4. The summed E-state index contributed by atoms with van der Waals surface area (Å²) in [6.07, 6.45) is -0.0729. The molecular formula is C21H31N5O9S. The van der Waals surface area contributed by atoms with Crippen LogP contribution in [-0.2, 0) is 30.4 Å². The van der Waals surface area contributed by atoms with Crippen LogP contribution < -0.4 is 27.4 Å². The molecule has 0 aliphatic rings. The molecule has 0 aromatic heterocycles. The number of carbonyl (C=O) groups excluding carboxylic acids is 3. The predicted molar refractivity (Wildman–Crippen MR) is 128 cm³/mol. The molecule has 0 fully saturated rings. The van der Waals surface area contributed by atoms with E-state index in [-0.39, 0.29) is 48.9 Å². The predicted octanol–water partition coefficient (Wildman–Crippen LogP) is -1.92. The minimum atomic E-state index is -1.31. The highest BCUT2D eigenvalue weighted by Gasteiger charge is 2.25. The number of benzene rings is 1. The number of amides is 3. The first kappa shape index (κ1) is 30.5. The van der Waals surface area contributed by atoms with Gasteiger partial charge in [-0.3, -0.25) is 24.0 Å². The van der Waals surface area contributed by atoms with E-state index in [9.17, 15) is 34.2 Å². The van der Waals surface area contributed by atoms with Crippen LogP contribution in [0.1, 0.15) is 24.8 Å². The number of hydrogen-bond donors (Lipinski definition) is 9. The lowest BCUT2D eigenvalue weighted by atomic mass is 10.1. The molecule has 0 aliphatic heterocycles. The average molecular weight is 530 g/mol. The third-order valence-corrected chi connectivity index (χ3v) is 5.80. The van der Waals surface area contributed by atoms with Crippen molar-refractivity contribution < 1.29 is 44.4 Å². The minimum Gasteiger partial charge on any atom is -0.504 e. The first-order valence-corrected chi connectivity index (χ1v) is 11.8. The van der Waals surface area contributed by atoms with Crippen molar-refractivity contribution >= 4 is 41.4 Å². The van der Waals surface area contributed by atoms with Gasteiger partial charge >= 0.3 is 11.9 Å². The lowest BCUT2D eigenvalue weighted by molar-refractivity contribution is -0.138. The maximum Gasteiger partial charge on any atom is 0.322 e. The van der Waals surface area contributed by atoms with Gasteiger partial charge in [-0.05, 0) is 30.5 Å². The van der Waals surface area contributed by atoms with Gasteiger partial charge in [0.05, 0.1) is 10.9 Å². The molecule has 0 radical (unpaired) electrons. The number of hydrogen-bond acceptors (Lipinski definition) is 10. The number of nitrogens with one attached hydrogen (secondary N) is 3. The van der Waals surface area contributed by atoms with Gasteiger partial charge in [-0.1, -0.05) is 0 Å². The van der Waals surface area contributed by atoms with E-state index in [1.165, 1.54) is 12.1 Å². The van der Waals surface area contributed by atoms with E-state index in [1.54, 1.807) is 0 Å². The molecule has 1 aromatic rings. The van der Waals surface area contributed by atoms with Crippen molar-refractivity contribution in [2.75, 3.05) is 25.4 Å². The van der Waals surface area contributed by atoms with E-state index >= 15 is 0 Å². The molecule has 1 aromatic carbocycles. The van der Waals surface area contributed by atoms with Crippen LogP contribution in [0.25, 0.3) is 0 Å². The number of thioether (sulfide) groups is 1. The molecule has 1 rings (SSSR count). The summed E-state index contributed by atoms with van der Waals surface area (Å²) in [5.74, 6) is -5.45. The van der Waals surface area contributed by atoms with E-state index in [0.717, 1.165) is 11.8 Å². The van der Waals surface area contributed by atoms with E-state index in [2.05, 4.69) is 16.0 Å². The van der Waals surface area contributed by atoms with Crippen LogP contribution in [0.3, 0.4) is 0 Å². The van der Waals surface area contributed by atoms with Gasteiger partial charge in [-0.2, -0.15) is 0 Å². The number of carbonyl (C=O) groups is 5. The Labute approximate surface area is 210 Å². The fourth-order valence-electron chi connectivity index (χ4n) is 2.80. The van der Waals surface area contributed by atoms with Gasteiger partial charge in [0, 0.05) is 31.7 Å². The second-order valence-electron chi connectivity index (χ2n) is 7.62. The van der Waals surface area contributed by atoms with Crippen molar-refractivity contribution in [3.05, 3.63) is 17.7 Å². The van der Waals surface area contributed by atoms with Crippen LogP contribution >= 0.6 is 11.8 Å². The van der Waals surface area contributed by atoms with Gasteiger partial charge in [-0.15, -0.1) is 11.8 Å². The van der Waals surface area contributed by atoms with Crippen molar-refractivity contribution in [2.24, 2.45) is 11.5 Å². The van der Waals surface area contributed by atoms with Crippen LogP contribution in [0.2, 0.25) is 0 Å². The molecule has 11 N–H and O–H groups in total. The summed E-state index contributed by atoms with van der Waals surface area (Å²) in [7, 11) is 0. The third-order valence-electron chi connectivity index (χ3n) is 4.68. The van der Waals surface area contributed by atoms with Crippen LogP contribution in [0, 0.1) is 0 Å². The average Bonchev–Trinajstić information content (AvgIpc) is 2.81. The summed E-state index contributed by atoms with van der Waals surface area (Å²) < 4.78 is 0. The first-order valence-electron chi connectivity index (χ1n) is 10.9. The zero-order valence-corrected chi connectivity index (χ0v) is 20.2. The number of nitrogens with two attached hydrogens (primary N) is 2. The molecule has 0 saturated carbocycles. The molecule has 0 spiro atoms. The molecule has 200 valence electrons. The van der Waals surface area contributed by atoms with Gasteiger partial charge < -0.3 is 47.8 Å². The molecule has 3 amide bonds. The highest BCUT2D eigenvalue weighted by atomic mass is 32.2. The Bertz CT molecular complexity index is 960. The van der Waals surface area contributed by atoms with Gasteiger partial charge in [0.2, 0.25) is 17.7 Å². The molecule has 0 aliphatic carbocycles. The lowest BCUT2D eigenvalue weighted by Gasteiger charge is -2.20. The topological polar surface area (TPSA) is 254 Å². The summed E-state index contributed by atoms with van der Waals surface area (Å²) in [4.78, 5) is 58.0. The fourth-order valence-corrected chi connectivity index (χ4v) is 3.86. The minimum absolute atomic E-state index is 0.166. The summed E-state index contributed by atoms with van der Waals surface area (Å²) in [5, 5.41) is 45.0. The standard InChI is InChI=1S/C21H31N5O9S/c22-5-3-16(28)24-6-4-11-7-14(27)19(33)15(8-11)36-10-13(21(35)25-9-18(31)32)26-20(34)12(23)1-2-17(29)30/h7-8,12-13,27,33H,1-6,9-10,22-23H2,(H,24,28)(H,25,35)(H,26,34)(H,29,30)(H,31,32)/t12-,13-/m0/s1. The number of aliphatic carboxylic acids is 2. The summed E-state index contributed by atoms with van der Waals surface area (Å²) in [5.41, 5.74) is 11.6. The lowest BCUT2D eigenvalue weighted by Crippen LogP contribution is -2.53. The van der Waals surface area contributed by atoms with Crippen molar-refractivity contribution in [2.45, 2.75) is 42.7 Å². The first-order chi connectivity index (χ1) is 16.9. The SMILES string of the molecule is NCCC(=O)NCCc1cc(O)c(O)c(SC[C@H](NC(=O)[C@@H](N)CCC(=O)O)C(=O)NCC(=O)O)c1. The Balaban J connectivity index is 2.93. The molecule has 0 bridgehead atoms. The Morgan fingerprint density at radius 2 is 1.67 bits per heavy atom. The van der Waals surface area contributed by atoms with Gasteiger partial charge in [0.15, 0.2) is 11.5 Å². The van der Waals surface area contributed by atoms with Crippen molar-refractivity contribution in [3.8, 4) is 11.5 Å². The van der Waals surface area contributed by atoms with E-state index in [4.69, 9.17) is 21.7 Å². The zero-order chi connectivity index (χ0) is 27.3. The maximum absolute atomic E-state index is 12.5. The molecule has 15 heteroatoms. The molecule has 2 atom stereocenters. The maximum atomic E-state index is 12.5. The number of phenols is 2. The molecule has 0 saturated heterocycles. The Kier molecular flexibility index (Phi) is 13.1. The number of carboxylic acids is 2. The van der Waals surface area contributed by atoms with Crippen LogP contribution in [-0.4, -0.2) is 87.6 Å². The normalized spacial score (nSPS) is 12.3. The second-order valence-corrected chi connectivity index (χ2v) is 8.68. The summed E-state index contributed by atoms with van der Waals surface area (Å²) in [6.45, 7) is -0.259. The quantitative estimate of drug-likeness (QED) is 0.0838. The van der Waals surface area contributed by atoms with E-state index in [1.807, 2.05) is 0 Å². The van der Waals surface area contributed by atoms with E-state index in [0.29, 0.717) is 12.0 Å². The fraction of sp³-hybridized carbons (Fsp3) is 0.476. The van der Waals surface area contributed by atoms with Gasteiger partial charge in [-0.25, -0.2) is 0 Å². The van der Waals surface area contributed by atoms with Crippen LogP contribution in [0.5, 0.6) is 11.5 Å². The monoisotopic (exact) mass is 529 g/mol. The van der Waals surface area contributed by atoms with Crippen molar-refractivity contribution in [3.63, 3.8) is 0 Å².